The minimum absolute atomic E-state index is 0.00556. The smallest absolute Gasteiger partial charge is 0.229 e. The summed E-state index contributed by atoms with van der Waals surface area (Å²) in [5.41, 5.74) is 0.334. The Bertz CT molecular complexity index is 610. The minimum atomic E-state index is -0.432. The van der Waals surface area contributed by atoms with E-state index in [1.165, 1.54) is 13.8 Å². The van der Waals surface area contributed by atoms with Crippen molar-refractivity contribution in [1.82, 2.24) is 20.4 Å². The normalized spacial score (nSPS) is 20.5. The van der Waals surface area contributed by atoms with Crippen molar-refractivity contribution in [2.24, 2.45) is 0 Å². The van der Waals surface area contributed by atoms with Crippen LogP contribution in [0, 0.1) is 0 Å². The van der Waals surface area contributed by atoms with Crippen LogP contribution < -0.4 is 10.6 Å². The van der Waals surface area contributed by atoms with Gasteiger partial charge >= 0.3 is 0 Å². The number of ketones is 2. The van der Waals surface area contributed by atoms with Gasteiger partial charge in [-0.25, -0.2) is 0 Å². The van der Waals surface area contributed by atoms with Gasteiger partial charge in [-0.2, -0.15) is 0 Å². The number of rotatable bonds is 4. The van der Waals surface area contributed by atoms with Crippen molar-refractivity contribution >= 4 is 23.4 Å². The Kier molecular flexibility index (Phi) is 3.23. The molecule has 0 unspecified atom stereocenters. The molecule has 0 saturated carbocycles. The van der Waals surface area contributed by atoms with E-state index in [1.54, 1.807) is 9.80 Å². The van der Waals surface area contributed by atoms with Gasteiger partial charge in [-0.1, -0.05) is 0 Å². The Hall–Kier alpha value is -2.64. The molecule has 0 atom stereocenters. The van der Waals surface area contributed by atoms with E-state index in [2.05, 4.69) is 10.6 Å². The van der Waals surface area contributed by atoms with Crippen molar-refractivity contribution in [2.75, 3.05) is 26.2 Å². The SMILES string of the molecule is CC(=O)NC1=C(N2CC2)C(=O)C(NC(C)=O)=C(N2CC2)C1=O. The molecule has 0 bridgehead atoms. The Balaban J connectivity index is 2.08. The Morgan fingerprint density at radius 2 is 1.09 bits per heavy atom. The average Bonchev–Trinajstić information content (AvgIpc) is 3.26. The third kappa shape index (κ3) is 2.47. The number of hydrogen-bond donors (Lipinski definition) is 2. The fourth-order valence-electron chi connectivity index (χ4n) is 2.41. The predicted octanol–water partition coefficient (Wildman–Crippen LogP) is -1.54. The topological polar surface area (TPSA) is 98.4 Å². The third-order valence-corrected chi connectivity index (χ3v) is 3.49. The molecule has 3 rings (SSSR count). The number of hydrogen-bond acceptors (Lipinski definition) is 6. The van der Waals surface area contributed by atoms with Crippen LogP contribution in [0.15, 0.2) is 22.8 Å². The van der Waals surface area contributed by atoms with Gasteiger partial charge in [-0.05, 0) is 0 Å². The molecule has 0 aromatic rings. The maximum Gasteiger partial charge on any atom is 0.229 e. The summed E-state index contributed by atoms with van der Waals surface area (Å²) in [7, 11) is 0. The van der Waals surface area contributed by atoms with Crippen LogP contribution >= 0.6 is 0 Å². The summed E-state index contributed by atoms with van der Waals surface area (Å²) < 4.78 is 0. The molecule has 8 nitrogen and oxygen atoms in total. The lowest BCUT2D eigenvalue weighted by Gasteiger charge is -2.25. The van der Waals surface area contributed by atoms with Gasteiger partial charge in [0.2, 0.25) is 23.4 Å². The number of carbonyl (C=O) groups excluding carboxylic acids is 4. The van der Waals surface area contributed by atoms with Gasteiger partial charge in [0.05, 0.1) is 0 Å². The standard InChI is InChI=1S/C14H16N4O4/c1-7(19)15-9-11(17-3-4-17)14(22)10(16-8(2)20)12(13(9)21)18-5-6-18/h3-6H2,1-2H3,(H,15,19)(H,16,20). The first-order chi connectivity index (χ1) is 10.4. The number of carbonyl (C=O) groups is 4. The van der Waals surface area contributed by atoms with Crippen LogP contribution in [0.2, 0.25) is 0 Å². The van der Waals surface area contributed by atoms with E-state index in [0.29, 0.717) is 26.2 Å². The number of Topliss-reactive ketones (excluding diaryl/α,β-unsaturated/α-hetero) is 2. The zero-order valence-corrected chi connectivity index (χ0v) is 12.4. The van der Waals surface area contributed by atoms with Gasteiger partial charge in [-0.15, -0.1) is 0 Å². The lowest BCUT2D eigenvalue weighted by molar-refractivity contribution is -0.123. The molecule has 2 fully saturated rings. The molecule has 0 spiro atoms. The quantitative estimate of drug-likeness (QED) is 0.483. The van der Waals surface area contributed by atoms with E-state index in [1.807, 2.05) is 0 Å². The van der Waals surface area contributed by atoms with Crippen LogP contribution in [0.25, 0.3) is 0 Å². The molecule has 0 radical (unpaired) electrons. The van der Waals surface area contributed by atoms with E-state index in [0.717, 1.165) is 0 Å². The Morgan fingerprint density at radius 3 is 1.32 bits per heavy atom. The summed E-state index contributed by atoms with van der Waals surface area (Å²) in [6, 6.07) is 0. The molecular weight excluding hydrogens is 288 g/mol. The molecule has 22 heavy (non-hydrogen) atoms. The summed E-state index contributed by atoms with van der Waals surface area (Å²) >= 11 is 0. The zero-order chi connectivity index (χ0) is 16.0. The van der Waals surface area contributed by atoms with Gasteiger partial charge in [0.15, 0.2) is 0 Å². The van der Waals surface area contributed by atoms with Crippen molar-refractivity contribution in [2.45, 2.75) is 13.8 Å². The predicted molar refractivity (Wildman–Crippen MR) is 74.8 cm³/mol. The second-order valence-corrected chi connectivity index (χ2v) is 5.44. The lowest BCUT2D eigenvalue weighted by Crippen LogP contribution is -2.42. The molecular formula is C14H16N4O4. The van der Waals surface area contributed by atoms with Crippen LogP contribution in [0.5, 0.6) is 0 Å². The number of nitrogens with zero attached hydrogens (tertiary/aromatic N) is 2. The molecule has 2 saturated heterocycles. The van der Waals surface area contributed by atoms with Crippen molar-refractivity contribution < 1.29 is 19.2 Å². The summed E-state index contributed by atoms with van der Waals surface area (Å²) in [5, 5.41) is 4.95. The van der Waals surface area contributed by atoms with Crippen LogP contribution in [0.3, 0.4) is 0 Å². The van der Waals surface area contributed by atoms with E-state index < -0.39 is 23.4 Å². The van der Waals surface area contributed by atoms with E-state index in [9.17, 15) is 19.2 Å². The highest BCUT2D eigenvalue weighted by molar-refractivity contribution is 6.26. The molecule has 2 aliphatic heterocycles. The molecule has 1 aliphatic carbocycles. The number of amides is 2. The van der Waals surface area contributed by atoms with Crippen LogP contribution in [0.4, 0.5) is 0 Å². The van der Waals surface area contributed by atoms with Gasteiger partial charge < -0.3 is 20.4 Å². The van der Waals surface area contributed by atoms with Crippen molar-refractivity contribution in [3.8, 4) is 0 Å². The molecule has 2 amide bonds. The van der Waals surface area contributed by atoms with Gasteiger partial charge in [0.25, 0.3) is 0 Å². The van der Waals surface area contributed by atoms with Crippen molar-refractivity contribution in [3.05, 3.63) is 22.8 Å². The largest absolute Gasteiger partial charge is 0.363 e. The first kappa shape index (κ1) is 14.3. The molecule has 8 heteroatoms. The highest BCUT2D eigenvalue weighted by Crippen LogP contribution is 2.32. The van der Waals surface area contributed by atoms with Crippen LogP contribution in [-0.2, 0) is 19.2 Å². The first-order valence-corrected chi connectivity index (χ1v) is 7.03. The fraction of sp³-hybridized carbons (Fsp3) is 0.429. The maximum atomic E-state index is 12.7. The Morgan fingerprint density at radius 1 is 0.773 bits per heavy atom. The molecule has 0 aromatic carbocycles. The second-order valence-electron chi connectivity index (χ2n) is 5.44. The zero-order valence-electron chi connectivity index (χ0n) is 12.4. The Labute approximate surface area is 126 Å². The van der Waals surface area contributed by atoms with Crippen molar-refractivity contribution in [1.29, 1.82) is 0 Å². The van der Waals surface area contributed by atoms with Gasteiger partial charge in [0.1, 0.15) is 22.8 Å². The molecule has 3 aliphatic rings. The number of nitrogens with one attached hydrogen (secondary N) is 2. The lowest BCUT2D eigenvalue weighted by atomic mass is 9.98. The van der Waals surface area contributed by atoms with Crippen LogP contribution in [0.1, 0.15) is 13.8 Å². The summed E-state index contributed by atoms with van der Waals surface area (Å²) in [5.74, 6) is -1.69. The van der Waals surface area contributed by atoms with Crippen molar-refractivity contribution in [3.63, 3.8) is 0 Å². The summed E-state index contributed by atoms with van der Waals surface area (Å²) in [6.45, 7) is 5.14. The average molecular weight is 304 g/mol. The molecule has 2 heterocycles. The summed E-state index contributed by atoms with van der Waals surface area (Å²) in [6.07, 6.45) is 0. The summed E-state index contributed by atoms with van der Waals surface area (Å²) in [4.78, 5) is 51.6. The monoisotopic (exact) mass is 304 g/mol. The third-order valence-electron chi connectivity index (χ3n) is 3.49. The first-order valence-electron chi connectivity index (χ1n) is 7.03. The fourth-order valence-corrected chi connectivity index (χ4v) is 2.41. The van der Waals surface area contributed by atoms with E-state index in [4.69, 9.17) is 0 Å². The highest BCUT2D eigenvalue weighted by Gasteiger charge is 2.44. The second kappa shape index (κ2) is 4.97. The van der Waals surface area contributed by atoms with E-state index >= 15 is 0 Å². The molecule has 0 aromatic heterocycles. The van der Waals surface area contributed by atoms with E-state index in [-0.39, 0.29) is 22.8 Å². The highest BCUT2D eigenvalue weighted by atomic mass is 16.2. The van der Waals surface area contributed by atoms with Crippen LogP contribution in [-0.4, -0.2) is 59.4 Å². The van der Waals surface area contributed by atoms with Gasteiger partial charge in [-0.3, -0.25) is 19.2 Å². The molecule has 116 valence electrons. The minimum Gasteiger partial charge on any atom is -0.363 e. The maximum absolute atomic E-state index is 12.7. The van der Waals surface area contributed by atoms with Gasteiger partial charge in [0, 0.05) is 40.0 Å². The molecule has 2 N–H and O–H groups in total.